The van der Waals surface area contributed by atoms with Gasteiger partial charge in [0.2, 0.25) is 0 Å². The number of rotatable bonds is 4. The molecule has 0 bridgehead atoms. The lowest BCUT2D eigenvalue weighted by Gasteiger charge is -2.37. The Kier molecular flexibility index (Phi) is 5.07. The zero-order valence-corrected chi connectivity index (χ0v) is 14.1. The van der Waals surface area contributed by atoms with Crippen LogP contribution in [-0.4, -0.2) is 23.1 Å². The zero-order chi connectivity index (χ0) is 15.5. The van der Waals surface area contributed by atoms with E-state index in [1.54, 1.807) is 13.4 Å². The van der Waals surface area contributed by atoms with Crippen molar-refractivity contribution in [2.45, 2.75) is 65.8 Å². The first-order valence-electron chi connectivity index (χ1n) is 8.10. The van der Waals surface area contributed by atoms with E-state index in [1.165, 1.54) is 25.7 Å². The molecule has 0 saturated heterocycles. The van der Waals surface area contributed by atoms with Crippen LogP contribution in [0.15, 0.2) is 6.33 Å². The van der Waals surface area contributed by atoms with Crippen LogP contribution in [0.25, 0.3) is 0 Å². The van der Waals surface area contributed by atoms with Crippen molar-refractivity contribution in [3.8, 4) is 5.75 Å². The predicted octanol–water partition coefficient (Wildman–Crippen LogP) is 4.06. The standard InChI is InChI=1S/C17H29N3O/c1-6-14-15(21-5)16(19-11-18-14)20-13-9-7-12(8-10-13)17(2,3)4/h11-13H,6-10H2,1-5H3,(H,18,19,20)/t12-,13+. The summed E-state index contributed by atoms with van der Waals surface area (Å²) in [5, 5.41) is 3.57. The topological polar surface area (TPSA) is 47.0 Å². The van der Waals surface area contributed by atoms with E-state index in [9.17, 15) is 0 Å². The molecule has 2 rings (SSSR count). The first-order chi connectivity index (χ1) is 9.95. The summed E-state index contributed by atoms with van der Waals surface area (Å²) in [5.74, 6) is 2.48. The predicted molar refractivity (Wildman–Crippen MR) is 86.8 cm³/mol. The quantitative estimate of drug-likeness (QED) is 0.908. The van der Waals surface area contributed by atoms with E-state index < -0.39 is 0 Å². The Hall–Kier alpha value is -1.32. The molecule has 0 atom stereocenters. The summed E-state index contributed by atoms with van der Waals surface area (Å²) in [7, 11) is 1.69. The fourth-order valence-corrected chi connectivity index (χ4v) is 3.28. The Morgan fingerprint density at radius 3 is 2.38 bits per heavy atom. The van der Waals surface area contributed by atoms with Crippen molar-refractivity contribution in [3.63, 3.8) is 0 Å². The number of nitrogens with zero attached hydrogens (tertiary/aromatic N) is 2. The van der Waals surface area contributed by atoms with Gasteiger partial charge < -0.3 is 10.1 Å². The first-order valence-corrected chi connectivity index (χ1v) is 8.10. The van der Waals surface area contributed by atoms with E-state index in [4.69, 9.17) is 4.74 Å². The van der Waals surface area contributed by atoms with Gasteiger partial charge in [0.25, 0.3) is 0 Å². The van der Waals surface area contributed by atoms with E-state index in [2.05, 4.69) is 43.0 Å². The number of methoxy groups -OCH3 is 1. The second-order valence-corrected chi connectivity index (χ2v) is 7.11. The highest BCUT2D eigenvalue weighted by molar-refractivity contribution is 5.52. The average Bonchev–Trinajstić information content (AvgIpc) is 2.46. The van der Waals surface area contributed by atoms with Crippen LogP contribution >= 0.6 is 0 Å². The Labute approximate surface area is 128 Å². The normalized spacial score (nSPS) is 22.9. The van der Waals surface area contributed by atoms with E-state index in [-0.39, 0.29) is 0 Å². The van der Waals surface area contributed by atoms with Crippen molar-refractivity contribution in [1.29, 1.82) is 0 Å². The fourth-order valence-electron chi connectivity index (χ4n) is 3.28. The molecule has 1 N–H and O–H groups in total. The average molecular weight is 291 g/mol. The molecule has 1 aromatic rings. The second kappa shape index (κ2) is 6.63. The summed E-state index contributed by atoms with van der Waals surface area (Å²) in [6, 6.07) is 0.497. The van der Waals surface area contributed by atoms with Gasteiger partial charge in [-0.3, -0.25) is 0 Å². The lowest BCUT2D eigenvalue weighted by molar-refractivity contribution is 0.173. The lowest BCUT2D eigenvalue weighted by atomic mass is 9.71. The van der Waals surface area contributed by atoms with E-state index >= 15 is 0 Å². The van der Waals surface area contributed by atoms with Gasteiger partial charge in [-0.25, -0.2) is 9.97 Å². The van der Waals surface area contributed by atoms with Crippen LogP contribution in [0.4, 0.5) is 5.82 Å². The Morgan fingerprint density at radius 2 is 1.86 bits per heavy atom. The SMILES string of the molecule is CCc1ncnc(N[C@H]2CC[C@@H](C(C)(C)C)CC2)c1OC. The van der Waals surface area contributed by atoms with Crippen LogP contribution < -0.4 is 10.1 Å². The summed E-state index contributed by atoms with van der Waals surface area (Å²) < 4.78 is 5.50. The molecule has 21 heavy (non-hydrogen) atoms. The number of nitrogens with one attached hydrogen (secondary N) is 1. The van der Waals surface area contributed by atoms with Gasteiger partial charge in [0.15, 0.2) is 11.6 Å². The molecule has 0 unspecified atom stereocenters. The molecule has 0 aromatic carbocycles. The molecule has 1 aromatic heterocycles. The van der Waals surface area contributed by atoms with Gasteiger partial charge in [0, 0.05) is 6.04 Å². The van der Waals surface area contributed by atoms with Gasteiger partial charge >= 0.3 is 0 Å². The summed E-state index contributed by atoms with van der Waals surface area (Å²) in [5.41, 5.74) is 1.39. The van der Waals surface area contributed by atoms with Crippen molar-refractivity contribution in [3.05, 3.63) is 12.0 Å². The van der Waals surface area contributed by atoms with Crippen LogP contribution in [0.2, 0.25) is 0 Å². The van der Waals surface area contributed by atoms with Crippen molar-refractivity contribution >= 4 is 5.82 Å². The largest absolute Gasteiger partial charge is 0.491 e. The smallest absolute Gasteiger partial charge is 0.182 e. The number of aromatic nitrogens is 2. The van der Waals surface area contributed by atoms with Crippen molar-refractivity contribution in [1.82, 2.24) is 9.97 Å². The van der Waals surface area contributed by atoms with E-state index in [0.29, 0.717) is 11.5 Å². The molecular weight excluding hydrogens is 262 g/mol. The van der Waals surface area contributed by atoms with Gasteiger partial charge in [-0.15, -0.1) is 0 Å². The minimum Gasteiger partial charge on any atom is -0.491 e. The van der Waals surface area contributed by atoms with Gasteiger partial charge in [0.1, 0.15) is 6.33 Å². The minimum atomic E-state index is 0.424. The maximum atomic E-state index is 5.50. The molecular formula is C17H29N3O. The molecule has 0 spiro atoms. The Balaban J connectivity index is 2.01. The van der Waals surface area contributed by atoms with Gasteiger partial charge in [0.05, 0.1) is 12.8 Å². The first kappa shape index (κ1) is 16.1. The number of ether oxygens (including phenoxy) is 1. The Morgan fingerprint density at radius 1 is 1.19 bits per heavy atom. The van der Waals surface area contributed by atoms with Crippen LogP contribution in [0.3, 0.4) is 0 Å². The van der Waals surface area contributed by atoms with Crippen LogP contribution in [0, 0.1) is 11.3 Å². The summed E-state index contributed by atoms with van der Waals surface area (Å²) in [4.78, 5) is 8.66. The van der Waals surface area contributed by atoms with E-state index in [1.807, 2.05) is 0 Å². The van der Waals surface area contributed by atoms with E-state index in [0.717, 1.165) is 29.6 Å². The molecule has 1 saturated carbocycles. The maximum absolute atomic E-state index is 5.50. The van der Waals surface area contributed by atoms with Crippen LogP contribution in [0.1, 0.15) is 59.1 Å². The highest BCUT2D eigenvalue weighted by Crippen LogP contribution is 2.39. The summed E-state index contributed by atoms with van der Waals surface area (Å²) in [6.45, 7) is 9.15. The number of hydrogen-bond acceptors (Lipinski definition) is 4. The van der Waals surface area contributed by atoms with Crippen molar-refractivity contribution in [2.24, 2.45) is 11.3 Å². The van der Waals surface area contributed by atoms with Crippen molar-refractivity contribution < 1.29 is 4.74 Å². The third-order valence-corrected chi connectivity index (χ3v) is 4.71. The second-order valence-electron chi connectivity index (χ2n) is 7.11. The maximum Gasteiger partial charge on any atom is 0.182 e. The molecule has 4 nitrogen and oxygen atoms in total. The van der Waals surface area contributed by atoms with Gasteiger partial charge in [-0.2, -0.15) is 0 Å². The molecule has 0 amide bonds. The molecule has 118 valence electrons. The fraction of sp³-hybridized carbons (Fsp3) is 0.765. The highest BCUT2D eigenvalue weighted by atomic mass is 16.5. The van der Waals surface area contributed by atoms with Crippen LogP contribution in [-0.2, 0) is 6.42 Å². The Bertz CT molecular complexity index is 460. The summed E-state index contributed by atoms with van der Waals surface area (Å²) >= 11 is 0. The monoisotopic (exact) mass is 291 g/mol. The third kappa shape index (κ3) is 3.86. The molecule has 1 heterocycles. The zero-order valence-electron chi connectivity index (χ0n) is 14.1. The highest BCUT2D eigenvalue weighted by Gasteiger charge is 2.30. The summed E-state index contributed by atoms with van der Waals surface area (Å²) in [6.07, 6.45) is 7.47. The van der Waals surface area contributed by atoms with Crippen molar-refractivity contribution in [2.75, 3.05) is 12.4 Å². The van der Waals surface area contributed by atoms with Gasteiger partial charge in [-0.1, -0.05) is 27.7 Å². The number of anilines is 1. The number of aryl methyl sites for hydroxylation is 1. The number of hydrogen-bond donors (Lipinski definition) is 1. The van der Waals surface area contributed by atoms with Gasteiger partial charge in [-0.05, 0) is 43.4 Å². The third-order valence-electron chi connectivity index (χ3n) is 4.71. The molecule has 0 aliphatic heterocycles. The molecule has 1 aliphatic carbocycles. The lowest BCUT2D eigenvalue weighted by Crippen LogP contribution is -2.32. The molecule has 1 fully saturated rings. The molecule has 4 heteroatoms. The van der Waals surface area contributed by atoms with Crippen LogP contribution in [0.5, 0.6) is 5.75 Å². The molecule has 0 radical (unpaired) electrons. The molecule has 1 aliphatic rings. The minimum absolute atomic E-state index is 0.424.